The summed E-state index contributed by atoms with van der Waals surface area (Å²) in [5, 5.41) is 6.42. The summed E-state index contributed by atoms with van der Waals surface area (Å²) in [4.78, 5) is 22.6. The summed E-state index contributed by atoms with van der Waals surface area (Å²) in [5.41, 5.74) is 5.06. The van der Waals surface area contributed by atoms with Gasteiger partial charge >= 0.3 is 0 Å². The van der Waals surface area contributed by atoms with Gasteiger partial charge in [-0.3, -0.25) is 9.59 Å². The summed E-state index contributed by atoms with van der Waals surface area (Å²) in [5.74, 6) is 0.542. The molecular formula is C14H25N3O2. The summed E-state index contributed by atoms with van der Waals surface area (Å²) in [6.45, 7) is 0.639. The van der Waals surface area contributed by atoms with E-state index in [0.29, 0.717) is 24.9 Å². The standard InChI is InChI=1S/C14H25N3O2/c15-13(18)7-3-4-8-16-14(19)12-9-10-5-1-2-6-11(10)17-12/h10-12,17H,1-9H2,(H2,15,18)(H,16,19). The molecule has 19 heavy (non-hydrogen) atoms. The molecule has 2 aliphatic rings. The zero-order valence-corrected chi connectivity index (χ0v) is 11.5. The lowest BCUT2D eigenvalue weighted by Crippen LogP contribution is -2.43. The largest absolute Gasteiger partial charge is 0.370 e. The van der Waals surface area contributed by atoms with Crippen molar-refractivity contribution in [1.82, 2.24) is 10.6 Å². The van der Waals surface area contributed by atoms with E-state index >= 15 is 0 Å². The fourth-order valence-electron chi connectivity index (χ4n) is 3.28. The molecule has 108 valence electrons. The Morgan fingerprint density at radius 3 is 2.74 bits per heavy atom. The highest BCUT2D eigenvalue weighted by atomic mass is 16.2. The van der Waals surface area contributed by atoms with E-state index in [0.717, 1.165) is 19.3 Å². The maximum atomic E-state index is 12.0. The first-order valence-electron chi connectivity index (χ1n) is 7.49. The molecule has 1 saturated carbocycles. The number of carbonyl (C=O) groups is 2. The van der Waals surface area contributed by atoms with Gasteiger partial charge in [-0.05, 0) is 38.0 Å². The first kappa shape index (κ1) is 14.3. The number of hydrogen-bond acceptors (Lipinski definition) is 3. The third-order valence-corrected chi connectivity index (χ3v) is 4.33. The second-order valence-corrected chi connectivity index (χ2v) is 5.82. The van der Waals surface area contributed by atoms with E-state index in [-0.39, 0.29) is 17.9 Å². The van der Waals surface area contributed by atoms with Crippen molar-refractivity contribution in [1.29, 1.82) is 0 Å². The maximum absolute atomic E-state index is 12.0. The lowest BCUT2D eigenvalue weighted by atomic mass is 9.85. The quantitative estimate of drug-likeness (QED) is 0.619. The number of carbonyl (C=O) groups excluding carboxylic acids is 2. The zero-order valence-electron chi connectivity index (χ0n) is 11.5. The van der Waals surface area contributed by atoms with Gasteiger partial charge in [0.15, 0.2) is 0 Å². The molecule has 1 aliphatic heterocycles. The highest BCUT2D eigenvalue weighted by Crippen LogP contribution is 2.33. The molecule has 2 rings (SSSR count). The van der Waals surface area contributed by atoms with Crippen LogP contribution in [-0.4, -0.2) is 30.4 Å². The van der Waals surface area contributed by atoms with Crippen molar-refractivity contribution in [3.63, 3.8) is 0 Å². The summed E-state index contributed by atoms with van der Waals surface area (Å²) in [6.07, 6.45) is 8.03. The van der Waals surface area contributed by atoms with Gasteiger partial charge in [-0.2, -0.15) is 0 Å². The molecule has 0 aromatic heterocycles. The Kier molecular flexibility index (Phi) is 5.19. The Morgan fingerprint density at radius 1 is 1.21 bits per heavy atom. The Hall–Kier alpha value is -1.10. The lowest BCUT2D eigenvalue weighted by Gasteiger charge is -2.24. The van der Waals surface area contributed by atoms with Gasteiger partial charge in [0.05, 0.1) is 6.04 Å². The van der Waals surface area contributed by atoms with Crippen molar-refractivity contribution >= 4 is 11.8 Å². The fourth-order valence-corrected chi connectivity index (χ4v) is 3.28. The van der Waals surface area contributed by atoms with Gasteiger partial charge in [-0.25, -0.2) is 0 Å². The second-order valence-electron chi connectivity index (χ2n) is 5.82. The highest BCUT2D eigenvalue weighted by Gasteiger charge is 2.37. The minimum absolute atomic E-state index is 0.00996. The first-order chi connectivity index (χ1) is 9.16. The second kappa shape index (κ2) is 6.89. The van der Waals surface area contributed by atoms with Crippen molar-refractivity contribution < 1.29 is 9.59 Å². The molecule has 2 fully saturated rings. The number of amides is 2. The predicted octanol–water partition coefficient (Wildman–Crippen LogP) is 0.679. The van der Waals surface area contributed by atoms with Gasteiger partial charge in [0.2, 0.25) is 11.8 Å². The average molecular weight is 267 g/mol. The molecular weight excluding hydrogens is 242 g/mol. The number of unbranched alkanes of at least 4 members (excludes halogenated alkanes) is 1. The third kappa shape index (κ3) is 4.20. The van der Waals surface area contributed by atoms with E-state index in [9.17, 15) is 9.59 Å². The molecule has 0 aromatic carbocycles. The number of nitrogens with one attached hydrogen (secondary N) is 2. The van der Waals surface area contributed by atoms with E-state index in [1.807, 2.05) is 0 Å². The van der Waals surface area contributed by atoms with Crippen molar-refractivity contribution in [2.24, 2.45) is 11.7 Å². The fraction of sp³-hybridized carbons (Fsp3) is 0.857. The SMILES string of the molecule is NC(=O)CCCCNC(=O)C1CC2CCCCC2N1. The van der Waals surface area contributed by atoms with Crippen LogP contribution in [0.1, 0.15) is 51.4 Å². The molecule has 1 saturated heterocycles. The number of nitrogens with two attached hydrogens (primary N) is 1. The third-order valence-electron chi connectivity index (χ3n) is 4.33. The molecule has 0 bridgehead atoms. The normalized spacial score (nSPS) is 29.8. The molecule has 0 radical (unpaired) electrons. The molecule has 1 heterocycles. The maximum Gasteiger partial charge on any atom is 0.237 e. The van der Waals surface area contributed by atoms with E-state index in [2.05, 4.69) is 10.6 Å². The summed E-state index contributed by atoms with van der Waals surface area (Å²) < 4.78 is 0. The van der Waals surface area contributed by atoms with Crippen LogP contribution in [0.5, 0.6) is 0 Å². The number of rotatable bonds is 6. The van der Waals surface area contributed by atoms with E-state index in [1.54, 1.807) is 0 Å². The monoisotopic (exact) mass is 267 g/mol. The van der Waals surface area contributed by atoms with E-state index in [1.165, 1.54) is 25.7 Å². The Morgan fingerprint density at radius 2 is 2.00 bits per heavy atom. The predicted molar refractivity (Wildman–Crippen MR) is 73.3 cm³/mol. The van der Waals surface area contributed by atoms with Crippen LogP contribution in [0.15, 0.2) is 0 Å². The Balaban J connectivity index is 1.62. The van der Waals surface area contributed by atoms with Crippen LogP contribution in [0.2, 0.25) is 0 Å². The molecule has 4 N–H and O–H groups in total. The van der Waals surface area contributed by atoms with Crippen LogP contribution >= 0.6 is 0 Å². The van der Waals surface area contributed by atoms with Crippen molar-refractivity contribution in [3.8, 4) is 0 Å². The highest BCUT2D eigenvalue weighted by molar-refractivity contribution is 5.82. The average Bonchev–Trinajstić information content (AvgIpc) is 2.81. The minimum atomic E-state index is -0.270. The van der Waals surface area contributed by atoms with Gasteiger partial charge < -0.3 is 16.4 Å². The Bertz CT molecular complexity index is 319. The number of primary amides is 1. The van der Waals surface area contributed by atoms with Gasteiger partial charge in [-0.1, -0.05) is 12.8 Å². The molecule has 5 heteroatoms. The summed E-state index contributed by atoms with van der Waals surface area (Å²) in [7, 11) is 0. The van der Waals surface area contributed by atoms with Gasteiger partial charge in [0.25, 0.3) is 0 Å². The van der Waals surface area contributed by atoms with Crippen molar-refractivity contribution in [2.75, 3.05) is 6.54 Å². The van der Waals surface area contributed by atoms with Crippen LogP contribution in [0, 0.1) is 5.92 Å². The summed E-state index contributed by atoms with van der Waals surface area (Å²) in [6, 6.07) is 0.545. The molecule has 3 atom stereocenters. The number of hydrogen-bond donors (Lipinski definition) is 3. The number of fused-ring (bicyclic) bond motifs is 1. The summed E-state index contributed by atoms with van der Waals surface area (Å²) >= 11 is 0. The first-order valence-corrected chi connectivity index (χ1v) is 7.49. The van der Waals surface area contributed by atoms with Crippen LogP contribution < -0.4 is 16.4 Å². The van der Waals surface area contributed by atoms with Crippen LogP contribution in [0.4, 0.5) is 0 Å². The molecule has 3 unspecified atom stereocenters. The zero-order chi connectivity index (χ0) is 13.7. The van der Waals surface area contributed by atoms with Crippen LogP contribution in [-0.2, 0) is 9.59 Å². The van der Waals surface area contributed by atoms with Crippen molar-refractivity contribution in [3.05, 3.63) is 0 Å². The molecule has 0 spiro atoms. The molecule has 2 amide bonds. The van der Waals surface area contributed by atoms with Crippen LogP contribution in [0.3, 0.4) is 0 Å². The minimum Gasteiger partial charge on any atom is -0.370 e. The van der Waals surface area contributed by atoms with E-state index in [4.69, 9.17) is 5.73 Å². The molecule has 5 nitrogen and oxygen atoms in total. The Labute approximate surface area is 114 Å². The smallest absolute Gasteiger partial charge is 0.237 e. The van der Waals surface area contributed by atoms with Crippen molar-refractivity contribution in [2.45, 2.75) is 63.5 Å². The van der Waals surface area contributed by atoms with Gasteiger partial charge in [0.1, 0.15) is 0 Å². The van der Waals surface area contributed by atoms with Crippen LogP contribution in [0.25, 0.3) is 0 Å². The topological polar surface area (TPSA) is 84.2 Å². The lowest BCUT2D eigenvalue weighted by molar-refractivity contribution is -0.122. The van der Waals surface area contributed by atoms with Gasteiger partial charge in [0, 0.05) is 19.0 Å². The van der Waals surface area contributed by atoms with E-state index < -0.39 is 0 Å². The molecule has 1 aliphatic carbocycles. The van der Waals surface area contributed by atoms with Gasteiger partial charge in [-0.15, -0.1) is 0 Å². The molecule has 0 aromatic rings.